The third-order valence-corrected chi connectivity index (χ3v) is 5.44. The van der Waals surface area contributed by atoms with Crippen LogP contribution in [0.1, 0.15) is 6.42 Å². The molecule has 2 aromatic rings. The zero-order valence-corrected chi connectivity index (χ0v) is 16.8. The highest BCUT2D eigenvalue weighted by Gasteiger charge is 2.41. The molecule has 8 heteroatoms. The number of rotatable bonds is 4. The summed E-state index contributed by atoms with van der Waals surface area (Å²) >= 11 is 0. The normalized spacial score (nSPS) is 20.4. The van der Waals surface area contributed by atoms with Gasteiger partial charge in [0, 0.05) is 25.7 Å². The van der Waals surface area contributed by atoms with Crippen LogP contribution in [0.15, 0.2) is 48.5 Å². The number of fused-ring (bicyclic) bond motifs is 1. The molecule has 3 amide bonds. The van der Waals surface area contributed by atoms with Crippen LogP contribution in [-0.2, 0) is 14.4 Å². The topological polar surface area (TPSA) is 88.2 Å². The highest BCUT2D eigenvalue weighted by Crippen LogP contribution is 2.36. The van der Waals surface area contributed by atoms with E-state index in [0.29, 0.717) is 17.2 Å². The molecule has 8 nitrogen and oxygen atoms in total. The molecule has 0 bridgehead atoms. The summed E-state index contributed by atoms with van der Waals surface area (Å²) in [5.41, 5.74) is 1.33. The van der Waals surface area contributed by atoms with Crippen molar-refractivity contribution >= 4 is 29.1 Å². The molecule has 0 unspecified atom stereocenters. The fourth-order valence-corrected chi connectivity index (χ4v) is 3.85. The van der Waals surface area contributed by atoms with Gasteiger partial charge < -0.3 is 24.6 Å². The summed E-state index contributed by atoms with van der Waals surface area (Å²) in [4.78, 5) is 41.3. The number of benzene rings is 2. The molecule has 2 heterocycles. The van der Waals surface area contributed by atoms with Crippen molar-refractivity contribution in [2.24, 2.45) is 5.92 Å². The van der Waals surface area contributed by atoms with Crippen molar-refractivity contribution in [2.45, 2.75) is 12.5 Å². The maximum Gasteiger partial charge on any atom is 0.262 e. The lowest BCUT2D eigenvalue weighted by molar-refractivity contribution is -0.128. The van der Waals surface area contributed by atoms with E-state index in [-0.39, 0.29) is 37.2 Å². The first-order chi connectivity index (χ1) is 14.5. The highest BCUT2D eigenvalue weighted by atomic mass is 16.5. The lowest BCUT2D eigenvalue weighted by atomic mass is 10.0. The lowest BCUT2D eigenvalue weighted by Gasteiger charge is -2.35. The van der Waals surface area contributed by atoms with E-state index in [2.05, 4.69) is 5.32 Å². The summed E-state index contributed by atoms with van der Waals surface area (Å²) in [6, 6.07) is 14.3. The Kier molecular flexibility index (Phi) is 5.31. The summed E-state index contributed by atoms with van der Waals surface area (Å²) in [7, 11) is 3.11. The monoisotopic (exact) mass is 409 g/mol. The number of carbonyl (C=O) groups is 3. The number of nitrogens with zero attached hydrogens (tertiary/aromatic N) is 2. The van der Waals surface area contributed by atoms with E-state index in [0.717, 1.165) is 5.69 Å². The molecule has 2 aromatic carbocycles. The largest absolute Gasteiger partial charge is 0.497 e. The second-order valence-corrected chi connectivity index (χ2v) is 7.24. The fraction of sp³-hybridized carbons (Fsp3) is 0.318. The summed E-state index contributed by atoms with van der Waals surface area (Å²) in [6.45, 7) is 0.386. The molecule has 0 aliphatic carbocycles. The van der Waals surface area contributed by atoms with Crippen LogP contribution in [-0.4, -0.2) is 51.1 Å². The number of para-hydroxylation sites is 2. The van der Waals surface area contributed by atoms with E-state index in [1.165, 1.54) is 7.05 Å². The van der Waals surface area contributed by atoms with Crippen molar-refractivity contribution < 1.29 is 23.9 Å². The van der Waals surface area contributed by atoms with Crippen molar-refractivity contribution in [3.8, 4) is 11.5 Å². The molecular weight excluding hydrogens is 386 g/mol. The third-order valence-electron chi connectivity index (χ3n) is 5.44. The number of amides is 3. The van der Waals surface area contributed by atoms with Gasteiger partial charge in [-0.15, -0.1) is 0 Å². The second-order valence-electron chi connectivity index (χ2n) is 7.24. The number of anilines is 2. The van der Waals surface area contributed by atoms with Crippen molar-refractivity contribution in [2.75, 3.05) is 37.0 Å². The van der Waals surface area contributed by atoms with Crippen molar-refractivity contribution in [3.05, 3.63) is 48.5 Å². The predicted molar refractivity (Wildman–Crippen MR) is 111 cm³/mol. The lowest BCUT2D eigenvalue weighted by Crippen LogP contribution is -2.51. The number of nitrogens with one attached hydrogen (secondary N) is 1. The van der Waals surface area contributed by atoms with Gasteiger partial charge in [0.05, 0.1) is 25.3 Å². The number of carbonyl (C=O) groups excluding carboxylic acids is 3. The zero-order chi connectivity index (χ0) is 21.3. The smallest absolute Gasteiger partial charge is 0.262 e. The van der Waals surface area contributed by atoms with Crippen molar-refractivity contribution in [1.82, 2.24) is 5.32 Å². The van der Waals surface area contributed by atoms with Crippen LogP contribution < -0.4 is 24.6 Å². The SMILES string of the molecule is CNC(=O)[C@@H]1CN(C(=O)[C@H]2CC(=O)N(c3ccc(OC)cc3)C2)c2ccccc2O1. The number of hydrogen-bond acceptors (Lipinski definition) is 5. The molecule has 1 fully saturated rings. The maximum absolute atomic E-state index is 13.4. The van der Waals surface area contributed by atoms with E-state index in [4.69, 9.17) is 9.47 Å². The van der Waals surface area contributed by atoms with Crippen LogP contribution in [0.4, 0.5) is 11.4 Å². The van der Waals surface area contributed by atoms with Crippen LogP contribution in [0.5, 0.6) is 11.5 Å². The van der Waals surface area contributed by atoms with E-state index >= 15 is 0 Å². The molecule has 2 atom stereocenters. The molecule has 30 heavy (non-hydrogen) atoms. The summed E-state index contributed by atoms with van der Waals surface area (Å²) in [6.07, 6.45) is -0.682. The quantitative estimate of drug-likeness (QED) is 0.829. The zero-order valence-electron chi connectivity index (χ0n) is 16.8. The van der Waals surface area contributed by atoms with Gasteiger partial charge in [-0.2, -0.15) is 0 Å². The van der Waals surface area contributed by atoms with E-state index in [1.807, 2.05) is 6.07 Å². The van der Waals surface area contributed by atoms with Crippen LogP contribution in [0.3, 0.4) is 0 Å². The van der Waals surface area contributed by atoms with Gasteiger partial charge in [-0.3, -0.25) is 14.4 Å². The van der Waals surface area contributed by atoms with Crippen LogP contribution in [0, 0.1) is 5.92 Å². The molecule has 0 saturated carbocycles. The summed E-state index contributed by atoms with van der Waals surface area (Å²) < 4.78 is 10.9. The van der Waals surface area contributed by atoms with E-state index in [9.17, 15) is 14.4 Å². The summed E-state index contributed by atoms with van der Waals surface area (Å²) in [5, 5.41) is 2.56. The first-order valence-corrected chi connectivity index (χ1v) is 9.75. The van der Waals surface area contributed by atoms with Crippen LogP contribution in [0.2, 0.25) is 0 Å². The molecule has 0 radical (unpaired) electrons. The average molecular weight is 409 g/mol. The molecule has 0 aromatic heterocycles. The maximum atomic E-state index is 13.4. The predicted octanol–water partition coefficient (Wildman–Crippen LogP) is 1.59. The number of ether oxygens (including phenoxy) is 2. The first-order valence-electron chi connectivity index (χ1n) is 9.75. The number of methoxy groups -OCH3 is 1. The minimum Gasteiger partial charge on any atom is -0.497 e. The fourth-order valence-electron chi connectivity index (χ4n) is 3.85. The third kappa shape index (κ3) is 3.56. The Hall–Kier alpha value is -3.55. The summed E-state index contributed by atoms with van der Waals surface area (Å²) in [5.74, 6) is 0.0675. The van der Waals surface area contributed by atoms with Crippen molar-refractivity contribution in [3.63, 3.8) is 0 Å². The standard InChI is InChI=1S/C22H23N3O5/c1-23-21(27)19-13-25(17-5-3-4-6-18(17)30-19)22(28)14-11-20(26)24(12-14)15-7-9-16(29-2)10-8-15/h3-10,14,19H,11-13H2,1-2H3,(H,23,27)/t14-,19-/m0/s1. The van der Waals surface area contributed by atoms with Crippen LogP contribution in [0.25, 0.3) is 0 Å². The minimum atomic E-state index is -0.802. The molecule has 2 aliphatic rings. The van der Waals surface area contributed by atoms with Gasteiger partial charge in [0.15, 0.2) is 6.10 Å². The van der Waals surface area contributed by atoms with Gasteiger partial charge in [-0.1, -0.05) is 12.1 Å². The molecule has 1 N–H and O–H groups in total. The Labute approximate surface area is 174 Å². The molecular formula is C22H23N3O5. The van der Waals surface area contributed by atoms with Crippen LogP contribution >= 0.6 is 0 Å². The Bertz CT molecular complexity index is 975. The van der Waals surface area contributed by atoms with Gasteiger partial charge in [0.1, 0.15) is 11.5 Å². The van der Waals surface area contributed by atoms with Gasteiger partial charge in [0.25, 0.3) is 5.91 Å². The van der Waals surface area contributed by atoms with Gasteiger partial charge in [-0.25, -0.2) is 0 Å². The Morgan fingerprint density at radius 2 is 1.83 bits per heavy atom. The van der Waals surface area contributed by atoms with Gasteiger partial charge in [-0.05, 0) is 36.4 Å². The minimum absolute atomic E-state index is 0.0999. The Morgan fingerprint density at radius 3 is 2.53 bits per heavy atom. The Balaban J connectivity index is 1.56. The molecule has 0 spiro atoms. The van der Waals surface area contributed by atoms with Gasteiger partial charge >= 0.3 is 0 Å². The van der Waals surface area contributed by atoms with E-state index < -0.39 is 12.0 Å². The molecule has 4 rings (SSSR count). The van der Waals surface area contributed by atoms with E-state index in [1.54, 1.807) is 59.4 Å². The number of likely N-dealkylation sites (N-methyl/N-ethyl adjacent to an activating group) is 1. The van der Waals surface area contributed by atoms with Gasteiger partial charge in [0.2, 0.25) is 11.8 Å². The Morgan fingerprint density at radius 1 is 1.10 bits per heavy atom. The molecule has 2 aliphatic heterocycles. The highest BCUT2D eigenvalue weighted by molar-refractivity contribution is 6.05. The van der Waals surface area contributed by atoms with Crippen molar-refractivity contribution in [1.29, 1.82) is 0 Å². The molecule has 1 saturated heterocycles. The number of hydrogen-bond donors (Lipinski definition) is 1. The first kappa shape index (κ1) is 19.8. The molecule has 156 valence electrons. The average Bonchev–Trinajstić information content (AvgIpc) is 3.18. The second kappa shape index (κ2) is 8.06.